The van der Waals surface area contributed by atoms with Gasteiger partial charge >= 0.3 is 0 Å². The number of carbonyl (C=O) groups is 1. The van der Waals surface area contributed by atoms with Gasteiger partial charge in [0.15, 0.2) is 5.62 Å². The molecule has 3 heteroatoms. The lowest BCUT2D eigenvalue weighted by atomic mass is 11.8. The van der Waals surface area contributed by atoms with Crippen molar-refractivity contribution in [2.75, 3.05) is 6.26 Å². The summed E-state index contributed by atoms with van der Waals surface area (Å²) in [6.07, 6.45) is 1.68. The summed E-state index contributed by atoms with van der Waals surface area (Å²) < 4.78 is 0. The molecule has 32 valence electrons. The average Bonchev–Trinajstić information content (AvgIpc) is 1.38. The monoisotopic (exact) mass is 112 g/mol. The van der Waals surface area contributed by atoms with Crippen LogP contribution >= 0.6 is 20.8 Å². The summed E-state index contributed by atoms with van der Waals surface area (Å²) in [6, 6.07) is 0. The van der Waals surface area contributed by atoms with Crippen LogP contribution in [0, 0.1) is 0 Å². The molecule has 1 nitrogen and oxygen atoms in total. The molecular weight excluding hydrogens is 108 g/mol. The van der Waals surface area contributed by atoms with E-state index in [9.17, 15) is 4.79 Å². The van der Waals surface area contributed by atoms with Gasteiger partial charge in [0.05, 0.1) is 0 Å². The molecule has 0 aromatic rings. The Kier molecular flexibility index (Phi) is 2.70. The van der Waals surface area contributed by atoms with Crippen molar-refractivity contribution in [2.24, 2.45) is 0 Å². The van der Waals surface area contributed by atoms with Crippen molar-refractivity contribution >= 4 is 26.4 Å². The first-order valence-electron chi connectivity index (χ1n) is 1.11. The highest BCUT2D eigenvalue weighted by atomic mass is 35.7. The Morgan fingerprint density at radius 2 is 2.20 bits per heavy atom. The third-order valence-electron chi connectivity index (χ3n) is 0.145. The van der Waals surface area contributed by atoms with Crippen LogP contribution in [0.4, 0.5) is 0 Å². The first-order chi connectivity index (χ1) is 2.27. The third kappa shape index (κ3) is 4.31. The molecular formula is C2H5ClOS. The lowest BCUT2D eigenvalue weighted by molar-refractivity contribution is 0.570. The molecule has 0 aliphatic rings. The highest BCUT2D eigenvalue weighted by Crippen LogP contribution is 2.18. The second-order valence-electron chi connectivity index (χ2n) is 0.630. The van der Waals surface area contributed by atoms with Crippen molar-refractivity contribution in [3.05, 3.63) is 0 Å². The maximum absolute atomic E-state index is 9.40. The molecule has 0 saturated heterocycles. The van der Waals surface area contributed by atoms with E-state index in [-0.39, 0.29) is 0 Å². The van der Waals surface area contributed by atoms with Gasteiger partial charge in [0.2, 0.25) is 0 Å². The van der Waals surface area contributed by atoms with E-state index in [4.69, 9.17) is 10.7 Å². The minimum atomic E-state index is -0.807. The van der Waals surface area contributed by atoms with E-state index in [1.807, 2.05) is 0 Å². The van der Waals surface area contributed by atoms with Crippen LogP contribution in [0.2, 0.25) is 0 Å². The number of hydrogen-bond acceptors (Lipinski definition) is 1. The number of rotatable bonds is 1. The lowest BCUT2D eigenvalue weighted by Crippen LogP contribution is -1.57. The molecule has 1 unspecified atom stereocenters. The molecule has 1 atom stereocenters. The summed E-state index contributed by atoms with van der Waals surface area (Å²) >= 11 is 0. The van der Waals surface area contributed by atoms with E-state index < -0.39 is 10.1 Å². The molecule has 0 heterocycles. The minimum Gasteiger partial charge on any atom is -0.292 e. The topological polar surface area (TPSA) is 17.1 Å². The van der Waals surface area contributed by atoms with Gasteiger partial charge < -0.3 is 0 Å². The van der Waals surface area contributed by atoms with E-state index in [0.717, 1.165) is 5.62 Å². The number of carbonyl (C=O) groups excluding carboxylic acids is 1. The molecule has 0 aliphatic heterocycles. The maximum atomic E-state index is 9.40. The standard InChI is InChI=1S/C2H5ClOS/c1-5(3)2-4/h2,5H,1H3. The van der Waals surface area contributed by atoms with Crippen LogP contribution < -0.4 is 0 Å². The molecule has 0 amide bonds. The molecule has 0 radical (unpaired) electrons. The largest absolute Gasteiger partial charge is 0.292 e. The Morgan fingerprint density at radius 3 is 2.20 bits per heavy atom. The van der Waals surface area contributed by atoms with Crippen molar-refractivity contribution in [2.45, 2.75) is 0 Å². The van der Waals surface area contributed by atoms with Gasteiger partial charge in [-0.25, -0.2) is 0 Å². The van der Waals surface area contributed by atoms with Gasteiger partial charge in [-0.2, -0.15) is 0 Å². The van der Waals surface area contributed by atoms with Gasteiger partial charge in [0, 0.05) is 0 Å². The van der Waals surface area contributed by atoms with Gasteiger partial charge in [-0.15, -0.1) is 10.1 Å². The molecule has 0 rings (SSSR count). The summed E-state index contributed by atoms with van der Waals surface area (Å²) in [5, 5.41) is 0. The first-order valence-corrected chi connectivity index (χ1v) is 3.87. The van der Waals surface area contributed by atoms with Crippen LogP contribution in [0.25, 0.3) is 0 Å². The highest BCUT2D eigenvalue weighted by molar-refractivity contribution is 8.45. The van der Waals surface area contributed by atoms with E-state index >= 15 is 0 Å². The van der Waals surface area contributed by atoms with Gasteiger partial charge in [0.1, 0.15) is 0 Å². The third-order valence-corrected chi connectivity index (χ3v) is 0.675. The summed E-state index contributed by atoms with van der Waals surface area (Å²) in [4.78, 5) is 9.40. The number of halogens is 1. The second-order valence-corrected chi connectivity index (χ2v) is 3.49. The Morgan fingerprint density at radius 1 is 2.00 bits per heavy atom. The molecule has 0 aliphatic carbocycles. The fourth-order valence-corrected chi connectivity index (χ4v) is 0. The summed E-state index contributed by atoms with van der Waals surface area (Å²) in [5.41, 5.74) is 0.747. The first kappa shape index (κ1) is 5.31. The minimum absolute atomic E-state index is 0.747. The number of hydrogen-bond donors (Lipinski definition) is 1. The van der Waals surface area contributed by atoms with E-state index in [1.165, 1.54) is 0 Å². The molecule has 0 saturated carbocycles. The molecule has 0 N–H and O–H groups in total. The Bertz CT molecular complexity index is 36.6. The summed E-state index contributed by atoms with van der Waals surface area (Å²) in [7, 11) is 4.35. The molecule has 0 spiro atoms. The van der Waals surface area contributed by atoms with E-state index in [0.29, 0.717) is 0 Å². The fraction of sp³-hybridized carbons (Fsp3) is 0.500. The van der Waals surface area contributed by atoms with Crippen molar-refractivity contribution in [1.82, 2.24) is 0 Å². The highest BCUT2D eigenvalue weighted by Gasteiger charge is 1.75. The van der Waals surface area contributed by atoms with E-state index in [2.05, 4.69) is 0 Å². The summed E-state index contributed by atoms with van der Waals surface area (Å²) in [5.74, 6) is 0. The molecule has 0 bridgehead atoms. The zero-order chi connectivity index (χ0) is 4.28. The maximum Gasteiger partial charge on any atom is 0.169 e. The molecule has 0 aromatic heterocycles. The van der Waals surface area contributed by atoms with Crippen molar-refractivity contribution in [1.29, 1.82) is 0 Å². The van der Waals surface area contributed by atoms with Gasteiger partial charge in [-0.3, -0.25) is 4.79 Å². The predicted octanol–water partition coefficient (Wildman–Crippen LogP) is 0.961. The van der Waals surface area contributed by atoms with Crippen LogP contribution in [-0.4, -0.2) is 11.9 Å². The normalized spacial score (nSPS) is 17.6. The number of thiol groups is 1. The van der Waals surface area contributed by atoms with Gasteiger partial charge in [0.25, 0.3) is 0 Å². The predicted molar refractivity (Wildman–Crippen MR) is 27.5 cm³/mol. The Hall–Kier alpha value is 0.310. The van der Waals surface area contributed by atoms with Crippen LogP contribution in [0.1, 0.15) is 0 Å². The molecule has 0 fully saturated rings. The van der Waals surface area contributed by atoms with Crippen molar-refractivity contribution < 1.29 is 4.79 Å². The zero-order valence-electron chi connectivity index (χ0n) is 2.81. The quantitative estimate of drug-likeness (QED) is 0.395. The molecule has 0 aromatic carbocycles. The van der Waals surface area contributed by atoms with Crippen molar-refractivity contribution in [3.8, 4) is 0 Å². The van der Waals surface area contributed by atoms with Gasteiger partial charge in [-0.1, -0.05) is 10.7 Å². The van der Waals surface area contributed by atoms with Crippen LogP contribution in [0.15, 0.2) is 0 Å². The Balaban J connectivity index is 2.83. The van der Waals surface area contributed by atoms with Crippen LogP contribution in [0.3, 0.4) is 0 Å². The molecule has 5 heavy (non-hydrogen) atoms. The van der Waals surface area contributed by atoms with Gasteiger partial charge in [-0.05, 0) is 6.26 Å². The Labute approximate surface area is 38.2 Å². The average molecular weight is 113 g/mol. The van der Waals surface area contributed by atoms with Crippen LogP contribution in [0.5, 0.6) is 0 Å². The SMILES string of the molecule is C[SH](Cl)C=O. The van der Waals surface area contributed by atoms with Crippen molar-refractivity contribution in [3.63, 3.8) is 0 Å². The summed E-state index contributed by atoms with van der Waals surface area (Å²) in [6.45, 7) is 0. The van der Waals surface area contributed by atoms with Crippen LogP contribution in [-0.2, 0) is 4.79 Å². The zero-order valence-corrected chi connectivity index (χ0v) is 4.46. The second kappa shape index (κ2) is 2.54. The van der Waals surface area contributed by atoms with E-state index in [1.54, 1.807) is 6.26 Å². The smallest absolute Gasteiger partial charge is 0.169 e. The fourth-order valence-electron chi connectivity index (χ4n) is 0. The lowest BCUT2D eigenvalue weighted by Gasteiger charge is -1.83.